The molecule has 0 aromatic carbocycles. The van der Waals surface area contributed by atoms with E-state index in [0.29, 0.717) is 61.7 Å². The van der Waals surface area contributed by atoms with Crippen molar-refractivity contribution in [1.29, 1.82) is 0 Å². The lowest BCUT2D eigenvalue weighted by Gasteiger charge is -2.33. The third-order valence-electron chi connectivity index (χ3n) is 17.6. The SMILES string of the molecule is CC(C)C#Cc1cc(N(CC(=O)N2CCCCC2)C(=O)C2CCC(C)CC2)c(C(=O)O)s1.COC(=O)c1sc(C#CC(C)C)cc1N(CC(=O)N1CCCCC1)C(=O)C1CCC(C)CC1.COC(=O)c1sc(C#CC(C)C)cc1N(CC(=O)O)C(=O)C1CCC(C)CC1. The molecular formula is C72H97N5O13S3. The highest BCUT2D eigenvalue weighted by Crippen LogP contribution is 2.39. The molecular weight excluding hydrogens is 1240 g/mol. The number of likely N-dealkylation sites (tertiary alicyclic amines) is 2. The van der Waals surface area contributed by atoms with Crippen LogP contribution in [0.2, 0.25) is 0 Å². The molecule has 0 spiro atoms. The number of nitrogens with zero attached hydrogens (tertiary/aromatic N) is 5. The number of amides is 5. The molecule has 0 radical (unpaired) electrons. The molecule has 93 heavy (non-hydrogen) atoms. The molecule has 3 saturated carbocycles. The number of anilines is 3. The van der Waals surface area contributed by atoms with Gasteiger partial charge >= 0.3 is 23.9 Å². The van der Waals surface area contributed by atoms with Crippen molar-refractivity contribution in [2.24, 2.45) is 53.3 Å². The van der Waals surface area contributed by atoms with E-state index in [0.717, 1.165) is 151 Å². The first kappa shape index (κ1) is 75.0. The molecule has 21 heteroatoms. The minimum Gasteiger partial charge on any atom is -0.480 e. The van der Waals surface area contributed by atoms with E-state index in [-0.39, 0.29) is 93.6 Å². The lowest BCUT2D eigenvalue weighted by atomic mass is 9.82. The molecule has 0 atom stereocenters. The van der Waals surface area contributed by atoms with E-state index in [2.05, 4.69) is 56.3 Å². The molecule has 5 heterocycles. The second-order valence-corrected chi connectivity index (χ2v) is 29.6. The summed E-state index contributed by atoms with van der Waals surface area (Å²) in [5.74, 6) is 16.1. The number of carboxylic acids is 2. The fourth-order valence-electron chi connectivity index (χ4n) is 12.1. The van der Waals surface area contributed by atoms with Crippen LogP contribution >= 0.6 is 34.0 Å². The predicted molar refractivity (Wildman–Crippen MR) is 367 cm³/mol. The maximum Gasteiger partial charge on any atom is 0.350 e. The lowest BCUT2D eigenvalue weighted by Crippen LogP contribution is -2.47. The lowest BCUT2D eigenvalue weighted by molar-refractivity contribution is -0.137. The molecule has 0 unspecified atom stereocenters. The number of carbonyl (C=O) groups is 9. The van der Waals surface area contributed by atoms with E-state index in [1.54, 1.807) is 28.0 Å². The van der Waals surface area contributed by atoms with Gasteiger partial charge in [0.15, 0.2) is 0 Å². The zero-order chi connectivity index (χ0) is 68.1. The average Bonchev–Trinajstić information content (AvgIpc) is 1.81. The number of aliphatic carboxylic acids is 1. The summed E-state index contributed by atoms with van der Waals surface area (Å²) in [5.41, 5.74) is 1.04. The number of thiophene rings is 3. The Morgan fingerprint density at radius 2 is 0.731 bits per heavy atom. The topological polar surface area (TPSA) is 229 Å². The van der Waals surface area contributed by atoms with E-state index in [1.807, 2.05) is 46.4 Å². The third-order valence-corrected chi connectivity index (χ3v) is 20.7. The summed E-state index contributed by atoms with van der Waals surface area (Å²) in [6.07, 6.45) is 16.6. The summed E-state index contributed by atoms with van der Waals surface area (Å²) in [6, 6.07) is 5.08. The summed E-state index contributed by atoms with van der Waals surface area (Å²) < 4.78 is 9.86. The first-order valence-electron chi connectivity index (χ1n) is 33.4. The van der Waals surface area contributed by atoms with Crippen molar-refractivity contribution in [3.63, 3.8) is 0 Å². The van der Waals surface area contributed by atoms with Crippen molar-refractivity contribution in [2.45, 2.75) is 178 Å². The molecule has 5 aliphatic rings. The molecule has 3 aliphatic carbocycles. The van der Waals surface area contributed by atoms with Crippen LogP contribution in [-0.2, 0) is 38.2 Å². The van der Waals surface area contributed by atoms with Crippen LogP contribution in [0.4, 0.5) is 17.1 Å². The highest BCUT2D eigenvalue weighted by atomic mass is 32.1. The molecule has 5 amide bonds. The molecule has 0 bridgehead atoms. The molecule has 2 saturated heterocycles. The van der Waals surface area contributed by atoms with Crippen LogP contribution in [-0.4, -0.2) is 133 Å². The minimum atomic E-state index is -1.13. The highest BCUT2D eigenvalue weighted by molar-refractivity contribution is 7.16. The number of aromatic carboxylic acids is 1. The van der Waals surface area contributed by atoms with Gasteiger partial charge < -0.3 is 39.3 Å². The fourth-order valence-corrected chi connectivity index (χ4v) is 14.9. The molecule has 506 valence electrons. The zero-order valence-electron chi connectivity index (χ0n) is 56.5. The molecule has 8 rings (SSSR count). The number of piperidine rings is 2. The van der Waals surface area contributed by atoms with Gasteiger partial charge in [-0.15, -0.1) is 34.0 Å². The van der Waals surface area contributed by atoms with Gasteiger partial charge in [-0.25, -0.2) is 14.4 Å². The van der Waals surface area contributed by atoms with Crippen LogP contribution in [0.1, 0.15) is 222 Å². The number of hydrogen-bond donors (Lipinski definition) is 2. The van der Waals surface area contributed by atoms with Gasteiger partial charge in [-0.05, 0) is 152 Å². The monoisotopic (exact) mass is 1340 g/mol. The first-order chi connectivity index (χ1) is 44.3. The van der Waals surface area contributed by atoms with E-state index in [9.17, 15) is 53.4 Å². The number of carbonyl (C=O) groups excluding carboxylic acids is 7. The van der Waals surface area contributed by atoms with Crippen LogP contribution in [0.3, 0.4) is 0 Å². The Bertz CT molecular complexity index is 3290. The van der Waals surface area contributed by atoms with E-state index >= 15 is 0 Å². The van der Waals surface area contributed by atoms with Crippen molar-refractivity contribution < 1.29 is 62.8 Å². The van der Waals surface area contributed by atoms with Crippen molar-refractivity contribution in [1.82, 2.24) is 9.80 Å². The first-order valence-corrected chi connectivity index (χ1v) is 35.8. The second kappa shape index (κ2) is 36.6. The van der Waals surface area contributed by atoms with Gasteiger partial charge in [-0.3, -0.25) is 33.7 Å². The number of carboxylic acid groups (broad SMARTS) is 2. The van der Waals surface area contributed by atoms with Crippen LogP contribution in [0, 0.1) is 88.8 Å². The normalized spacial score (nSPS) is 20.3. The number of rotatable bonds is 15. The summed E-state index contributed by atoms with van der Waals surface area (Å²) in [4.78, 5) is 126. The summed E-state index contributed by atoms with van der Waals surface area (Å²) in [5, 5.41) is 19.2. The third kappa shape index (κ3) is 22.3. The standard InChI is InChI=1S/C26H36N2O4S.C25H34N2O4S.C21H27NO5S/c1-18(2)8-13-21-16-22(24(33-21)26(31)32-4)28(17-23(29)27-14-6-5-7-15-27)25(30)20-11-9-19(3)10-12-20;1-17(2)7-12-20-15-21(23(32-20)25(30)31)27(16-22(28)26-13-5-4-6-14-26)24(29)19-10-8-18(3)9-11-19;1-13(2)5-10-16-11-17(19(28-16)21(26)27-4)22(12-18(23)24)20(25)15-8-6-14(3)7-9-15/h16,18-20H,5-7,9-12,14-15,17H2,1-4H3;15,17-19H,4-6,8-11,13-14,16H2,1-3H3,(H,30,31);11,13-15H,6-9,12H2,1-4H3,(H,23,24). The minimum absolute atomic E-state index is 0.0529. The quantitative estimate of drug-likeness (QED) is 0.107. The van der Waals surface area contributed by atoms with Crippen LogP contribution in [0.15, 0.2) is 18.2 Å². The Morgan fingerprint density at radius 1 is 0.452 bits per heavy atom. The molecule has 5 fully saturated rings. The highest BCUT2D eigenvalue weighted by Gasteiger charge is 2.38. The van der Waals surface area contributed by atoms with Crippen LogP contribution in [0.25, 0.3) is 0 Å². The molecule has 2 N–H and O–H groups in total. The van der Waals surface area contributed by atoms with Gasteiger partial charge in [-0.2, -0.15) is 0 Å². The number of ether oxygens (including phenoxy) is 2. The number of hydrogen-bond acceptors (Lipinski definition) is 14. The van der Waals surface area contributed by atoms with E-state index in [1.165, 1.54) is 35.4 Å². The van der Waals surface area contributed by atoms with Crippen molar-refractivity contribution in [3.05, 3.63) is 47.5 Å². The smallest absolute Gasteiger partial charge is 0.350 e. The predicted octanol–water partition coefficient (Wildman–Crippen LogP) is 13.1. The Labute approximate surface area is 562 Å². The fraction of sp³-hybridized carbons (Fsp3) is 0.625. The van der Waals surface area contributed by atoms with Crippen molar-refractivity contribution >= 4 is 104 Å². The summed E-state index contributed by atoms with van der Waals surface area (Å²) >= 11 is 3.41. The maximum absolute atomic E-state index is 13.7. The van der Waals surface area contributed by atoms with Crippen molar-refractivity contribution in [3.8, 4) is 35.5 Å². The Balaban J connectivity index is 0.000000222. The molecule has 18 nitrogen and oxygen atoms in total. The zero-order valence-corrected chi connectivity index (χ0v) is 58.9. The maximum atomic E-state index is 13.7. The van der Waals surface area contributed by atoms with Gasteiger partial charge in [0.05, 0.1) is 45.9 Å². The van der Waals surface area contributed by atoms with E-state index in [4.69, 9.17) is 9.47 Å². The number of esters is 2. The average molecular weight is 1340 g/mol. The Hall–Kier alpha value is -6.99. The van der Waals surface area contributed by atoms with Gasteiger partial charge in [0, 0.05) is 61.7 Å². The van der Waals surface area contributed by atoms with Gasteiger partial charge in [-0.1, -0.05) is 97.8 Å². The second-order valence-electron chi connectivity index (χ2n) is 26.5. The van der Waals surface area contributed by atoms with Gasteiger partial charge in [0.25, 0.3) is 0 Å². The van der Waals surface area contributed by atoms with E-state index < -0.39 is 30.4 Å². The number of methoxy groups -OCH3 is 2. The van der Waals surface area contributed by atoms with Gasteiger partial charge in [0.1, 0.15) is 34.3 Å². The molecule has 3 aromatic heterocycles. The summed E-state index contributed by atoms with van der Waals surface area (Å²) in [7, 11) is 2.59. The van der Waals surface area contributed by atoms with Gasteiger partial charge in [0.2, 0.25) is 29.5 Å². The molecule has 2 aliphatic heterocycles. The Morgan fingerprint density at radius 3 is 1.00 bits per heavy atom. The van der Waals surface area contributed by atoms with Crippen LogP contribution < -0.4 is 14.7 Å². The van der Waals surface area contributed by atoms with Crippen LogP contribution in [0.5, 0.6) is 0 Å². The Kier molecular flexibility index (Phi) is 29.5. The van der Waals surface area contributed by atoms with Crippen molar-refractivity contribution in [2.75, 3.05) is 74.7 Å². The largest absolute Gasteiger partial charge is 0.480 e. The summed E-state index contributed by atoms with van der Waals surface area (Å²) in [6.45, 7) is 20.6. The molecule has 3 aromatic rings.